The van der Waals surface area contributed by atoms with Crippen molar-refractivity contribution in [1.29, 1.82) is 0 Å². The Hall–Kier alpha value is -2.44. The first-order chi connectivity index (χ1) is 14.4. The van der Waals surface area contributed by atoms with E-state index in [1.807, 2.05) is 48.5 Å². The van der Waals surface area contributed by atoms with E-state index >= 15 is 0 Å². The molecule has 0 N–H and O–H groups in total. The van der Waals surface area contributed by atoms with Crippen LogP contribution in [0.5, 0.6) is 0 Å². The number of carbonyl (C=O) groups excluding carboxylic acids is 2. The second-order valence-corrected chi connectivity index (χ2v) is 8.24. The van der Waals surface area contributed by atoms with Crippen molar-refractivity contribution >= 4 is 43.8 Å². The minimum absolute atomic E-state index is 0.231. The maximum atomic E-state index is 12.9. The average molecular weight is 532 g/mol. The van der Waals surface area contributed by atoms with Crippen LogP contribution in [0, 0.1) is 0 Å². The molecule has 3 aromatic carbocycles. The Balaban J connectivity index is 2.36. The zero-order valence-corrected chi connectivity index (χ0v) is 19.7. The SMILES string of the molecule is CCOC(=O)c1cc(C(=O)OCC)c(-c2ccc(Br)cc2)c(-c2cccc(Br)c2)c1. The summed E-state index contributed by atoms with van der Waals surface area (Å²) in [5, 5.41) is 0. The maximum Gasteiger partial charge on any atom is 0.338 e. The van der Waals surface area contributed by atoms with Crippen LogP contribution in [0.1, 0.15) is 34.6 Å². The third-order valence-corrected chi connectivity index (χ3v) is 5.44. The fraction of sp³-hybridized carbons (Fsp3) is 0.167. The zero-order chi connectivity index (χ0) is 21.7. The van der Waals surface area contributed by atoms with Gasteiger partial charge in [0.1, 0.15) is 0 Å². The van der Waals surface area contributed by atoms with Crippen molar-refractivity contribution in [3.8, 4) is 22.3 Å². The summed E-state index contributed by atoms with van der Waals surface area (Å²) in [4.78, 5) is 25.4. The molecular weight excluding hydrogens is 512 g/mol. The van der Waals surface area contributed by atoms with Gasteiger partial charge in [0, 0.05) is 14.5 Å². The highest BCUT2D eigenvalue weighted by atomic mass is 79.9. The van der Waals surface area contributed by atoms with Crippen molar-refractivity contribution < 1.29 is 19.1 Å². The Labute approximate surface area is 192 Å². The number of hydrogen-bond acceptors (Lipinski definition) is 4. The van der Waals surface area contributed by atoms with Crippen LogP contribution in [0.15, 0.2) is 69.6 Å². The van der Waals surface area contributed by atoms with E-state index in [0.717, 1.165) is 25.6 Å². The van der Waals surface area contributed by atoms with E-state index < -0.39 is 11.9 Å². The molecule has 3 rings (SSSR count). The molecule has 0 heterocycles. The molecule has 0 spiro atoms. The molecule has 0 unspecified atom stereocenters. The van der Waals surface area contributed by atoms with Gasteiger partial charge in [-0.3, -0.25) is 0 Å². The molecule has 154 valence electrons. The number of benzene rings is 3. The smallest absolute Gasteiger partial charge is 0.338 e. The van der Waals surface area contributed by atoms with Crippen LogP contribution in [0.4, 0.5) is 0 Å². The normalized spacial score (nSPS) is 10.5. The zero-order valence-electron chi connectivity index (χ0n) is 16.6. The van der Waals surface area contributed by atoms with Crippen molar-refractivity contribution in [2.45, 2.75) is 13.8 Å². The second-order valence-electron chi connectivity index (χ2n) is 6.40. The molecule has 3 aromatic rings. The lowest BCUT2D eigenvalue weighted by atomic mass is 9.88. The lowest BCUT2D eigenvalue weighted by Gasteiger charge is -2.17. The number of esters is 2. The molecule has 0 saturated carbocycles. The van der Waals surface area contributed by atoms with Crippen molar-refractivity contribution in [2.75, 3.05) is 13.2 Å². The molecule has 0 saturated heterocycles. The molecule has 0 bridgehead atoms. The molecule has 30 heavy (non-hydrogen) atoms. The van der Waals surface area contributed by atoms with Crippen molar-refractivity contribution in [3.05, 3.63) is 80.7 Å². The summed E-state index contributed by atoms with van der Waals surface area (Å²) < 4.78 is 12.3. The number of hydrogen-bond donors (Lipinski definition) is 0. The predicted octanol–water partition coefficient (Wildman–Crippen LogP) is 6.90. The van der Waals surface area contributed by atoms with Crippen LogP contribution in [0.2, 0.25) is 0 Å². The van der Waals surface area contributed by atoms with E-state index in [0.29, 0.717) is 16.7 Å². The molecule has 0 aliphatic heterocycles. The minimum Gasteiger partial charge on any atom is -0.462 e. The highest BCUT2D eigenvalue weighted by Gasteiger charge is 2.23. The van der Waals surface area contributed by atoms with Gasteiger partial charge in [-0.1, -0.05) is 56.1 Å². The average Bonchev–Trinajstić information content (AvgIpc) is 2.74. The van der Waals surface area contributed by atoms with Crippen LogP contribution in [0.25, 0.3) is 22.3 Å². The Bertz CT molecular complexity index is 1080. The molecular formula is C24H20Br2O4. The van der Waals surface area contributed by atoms with E-state index in [1.54, 1.807) is 26.0 Å². The lowest BCUT2D eigenvalue weighted by Crippen LogP contribution is -2.12. The van der Waals surface area contributed by atoms with Gasteiger partial charge in [0.2, 0.25) is 0 Å². The number of halogens is 2. The number of ether oxygens (including phenoxy) is 2. The van der Waals surface area contributed by atoms with Gasteiger partial charge in [-0.2, -0.15) is 0 Å². The van der Waals surface area contributed by atoms with Crippen molar-refractivity contribution in [1.82, 2.24) is 0 Å². The third kappa shape index (κ3) is 4.99. The molecule has 0 aromatic heterocycles. The van der Waals surface area contributed by atoms with Crippen molar-refractivity contribution in [2.24, 2.45) is 0 Å². The molecule has 0 aliphatic carbocycles. The molecule has 4 nitrogen and oxygen atoms in total. The third-order valence-electron chi connectivity index (χ3n) is 4.41. The van der Waals surface area contributed by atoms with Gasteiger partial charge >= 0.3 is 11.9 Å². The largest absolute Gasteiger partial charge is 0.462 e. The van der Waals surface area contributed by atoms with Crippen molar-refractivity contribution in [3.63, 3.8) is 0 Å². The van der Waals surface area contributed by atoms with E-state index in [-0.39, 0.29) is 13.2 Å². The summed E-state index contributed by atoms with van der Waals surface area (Å²) in [6, 6.07) is 18.7. The first-order valence-electron chi connectivity index (χ1n) is 9.48. The summed E-state index contributed by atoms with van der Waals surface area (Å²) in [6.07, 6.45) is 0. The van der Waals surface area contributed by atoms with Crippen LogP contribution >= 0.6 is 31.9 Å². The highest BCUT2D eigenvalue weighted by Crippen LogP contribution is 2.38. The van der Waals surface area contributed by atoms with Crippen LogP contribution < -0.4 is 0 Å². The summed E-state index contributed by atoms with van der Waals surface area (Å²) >= 11 is 6.96. The van der Waals surface area contributed by atoms with Gasteiger partial charge in [0.05, 0.1) is 24.3 Å². The Morgan fingerprint density at radius 2 is 1.43 bits per heavy atom. The van der Waals surface area contributed by atoms with Crippen LogP contribution in [-0.2, 0) is 9.47 Å². The van der Waals surface area contributed by atoms with Crippen LogP contribution in [0.3, 0.4) is 0 Å². The van der Waals surface area contributed by atoms with Gasteiger partial charge in [-0.05, 0) is 66.9 Å². The second kappa shape index (κ2) is 10.0. The maximum absolute atomic E-state index is 12.9. The first kappa shape index (κ1) is 22.2. The topological polar surface area (TPSA) is 52.6 Å². The van der Waals surface area contributed by atoms with Gasteiger partial charge in [0.15, 0.2) is 0 Å². The van der Waals surface area contributed by atoms with E-state index in [2.05, 4.69) is 31.9 Å². The van der Waals surface area contributed by atoms with Gasteiger partial charge in [-0.25, -0.2) is 9.59 Å². The van der Waals surface area contributed by atoms with E-state index in [4.69, 9.17) is 9.47 Å². The quantitative estimate of drug-likeness (QED) is 0.325. The molecule has 0 radical (unpaired) electrons. The first-order valence-corrected chi connectivity index (χ1v) is 11.1. The van der Waals surface area contributed by atoms with Gasteiger partial charge < -0.3 is 9.47 Å². The van der Waals surface area contributed by atoms with Crippen LogP contribution in [-0.4, -0.2) is 25.2 Å². The molecule has 0 atom stereocenters. The van der Waals surface area contributed by atoms with Gasteiger partial charge in [-0.15, -0.1) is 0 Å². The van der Waals surface area contributed by atoms with E-state index in [9.17, 15) is 9.59 Å². The Morgan fingerprint density at radius 3 is 2.07 bits per heavy atom. The van der Waals surface area contributed by atoms with E-state index in [1.165, 1.54) is 0 Å². The predicted molar refractivity (Wildman–Crippen MR) is 125 cm³/mol. The lowest BCUT2D eigenvalue weighted by molar-refractivity contribution is 0.0526. The summed E-state index contributed by atoms with van der Waals surface area (Å²) in [5.74, 6) is -0.973. The Morgan fingerprint density at radius 1 is 0.767 bits per heavy atom. The number of rotatable bonds is 6. The molecule has 0 aliphatic rings. The fourth-order valence-corrected chi connectivity index (χ4v) is 3.82. The highest BCUT2D eigenvalue weighted by molar-refractivity contribution is 9.10. The summed E-state index contributed by atoms with van der Waals surface area (Å²) in [7, 11) is 0. The fourth-order valence-electron chi connectivity index (χ4n) is 3.16. The number of carbonyl (C=O) groups is 2. The molecule has 6 heteroatoms. The molecule has 0 fully saturated rings. The minimum atomic E-state index is -0.488. The standard InChI is InChI=1S/C24H20Br2O4/c1-3-29-23(27)17-13-20(16-6-5-7-19(26)12-16)22(15-8-10-18(25)11-9-15)21(14-17)24(28)30-4-2/h5-14H,3-4H2,1-2H3. The monoisotopic (exact) mass is 530 g/mol. The summed E-state index contributed by atoms with van der Waals surface area (Å²) in [5.41, 5.74) is 3.76. The van der Waals surface area contributed by atoms with Gasteiger partial charge in [0.25, 0.3) is 0 Å². The molecule has 0 amide bonds. The summed E-state index contributed by atoms with van der Waals surface area (Å²) in [6.45, 7) is 3.97. The Kier molecular flexibility index (Phi) is 7.45.